The van der Waals surface area contributed by atoms with Gasteiger partial charge in [0.15, 0.2) is 28.8 Å². The molecular weight excluding hydrogens is 450 g/mol. The fourth-order valence-corrected chi connectivity index (χ4v) is 5.02. The van der Waals surface area contributed by atoms with Crippen LogP contribution in [0, 0.1) is 0 Å². The number of imidazole rings is 1. The van der Waals surface area contributed by atoms with E-state index in [4.69, 9.17) is 9.40 Å². The summed E-state index contributed by atoms with van der Waals surface area (Å²) < 4.78 is 9.51. The van der Waals surface area contributed by atoms with E-state index in [-0.39, 0.29) is 17.1 Å². The van der Waals surface area contributed by atoms with Crippen LogP contribution < -0.4 is 0 Å². The fraction of sp³-hybridized carbons (Fsp3) is 0.0333. The Labute approximate surface area is 205 Å². The molecule has 7 rings (SSSR count). The number of rotatable bonds is 3. The van der Waals surface area contributed by atoms with Crippen molar-refractivity contribution >= 4 is 39.6 Å². The van der Waals surface area contributed by atoms with Gasteiger partial charge in [0, 0.05) is 23.9 Å². The molecule has 1 aliphatic carbocycles. The quantitative estimate of drug-likeness (QED) is 0.227. The zero-order chi connectivity index (χ0) is 24.4. The Balaban J connectivity index is 1.44. The lowest BCUT2D eigenvalue weighted by atomic mass is 10.0. The van der Waals surface area contributed by atoms with E-state index >= 15 is 0 Å². The van der Waals surface area contributed by atoms with Crippen molar-refractivity contribution in [1.82, 2.24) is 14.1 Å². The molecule has 1 aliphatic rings. The first-order valence-electron chi connectivity index (χ1n) is 11.6. The summed E-state index contributed by atoms with van der Waals surface area (Å²) in [6.07, 6.45) is 3.31. The monoisotopic (exact) mass is 469 g/mol. The van der Waals surface area contributed by atoms with E-state index in [0.29, 0.717) is 34.1 Å². The molecule has 3 heterocycles. The van der Waals surface area contributed by atoms with Crippen LogP contribution in [0.15, 0.2) is 101 Å². The van der Waals surface area contributed by atoms with Crippen molar-refractivity contribution in [3.05, 3.63) is 114 Å². The molecule has 172 valence electrons. The van der Waals surface area contributed by atoms with Gasteiger partial charge in [-0.25, -0.2) is 4.98 Å². The SMILES string of the molecule is Cn1c(-c2ccco2)nc2c1cc(C=C1C(=O)c3cc4ccccc4cc3C1=O)n2-c1ccccc1. The van der Waals surface area contributed by atoms with Gasteiger partial charge in [-0.2, -0.15) is 0 Å². The highest BCUT2D eigenvalue weighted by atomic mass is 16.3. The number of carbonyl (C=O) groups excluding carboxylic acids is 2. The average Bonchev–Trinajstić information content (AvgIpc) is 3.66. The number of carbonyl (C=O) groups is 2. The van der Waals surface area contributed by atoms with Crippen molar-refractivity contribution in [2.45, 2.75) is 0 Å². The number of allylic oxidation sites excluding steroid dienone is 1. The smallest absolute Gasteiger partial charge is 0.197 e. The normalized spacial score (nSPS) is 13.2. The van der Waals surface area contributed by atoms with Crippen LogP contribution in [0.4, 0.5) is 0 Å². The van der Waals surface area contributed by atoms with Gasteiger partial charge in [-0.1, -0.05) is 42.5 Å². The van der Waals surface area contributed by atoms with Gasteiger partial charge in [-0.3, -0.25) is 14.2 Å². The Hall–Kier alpha value is -4.97. The van der Waals surface area contributed by atoms with Crippen molar-refractivity contribution in [3.63, 3.8) is 0 Å². The number of aromatic nitrogens is 3. The summed E-state index contributed by atoms with van der Waals surface area (Å²) >= 11 is 0. The van der Waals surface area contributed by atoms with Crippen LogP contribution in [-0.4, -0.2) is 25.7 Å². The highest BCUT2D eigenvalue weighted by Gasteiger charge is 2.34. The molecule has 0 N–H and O–H groups in total. The maximum atomic E-state index is 13.4. The molecule has 0 amide bonds. The molecule has 0 fully saturated rings. The number of aryl methyl sites for hydroxylation is 1. The lowest BCUT2D eigenvalue weighted by Gasteiger charge is -2.07. The number of fused-ring (bicyclic) bond motifs is 3. The van der Waals surface area contributed by atoms with Crippen molar-refractivity contribution in [2.24, 2.45) is 7.05 Å². The topological polar surface area (TPSA) is 70.0 Å². The molecule has 0 radical (unpaired) electrons. The Kier molecular flexibility index (Phi) is 4.26. The van der Waals surface area contributed by atoms with Crippen LogP contribution in [-0.2, 0) is 7.05 Å². The summed E-state index contributed by atoms with van der Waals surface area (Å²) in [5, 5.41) is 1.87. The highest BCUT2D eigenvalue weighted by Crippen LogP contribution is 2.34. The van der Waals surface area contributed by atoms with E-state index in [0.717, 1.165) is 22.0 Å². The Morgan fingerprint density at radius 3 is 2.11 bits per heavy atom. The minimum atomic E-state index is -0.255. The van der Waals surface area contributed by atoms with Gasteiger partial charge in [0.1, 0.15) is 0 Å². The number of para-hydroxylation sites is 1. The van der Waals surface area contributed by atoms with Crippen LogP contribution in [0.5, 0.6) is 0 Å². The predicted molar refractivity (Wildman–Crippen MR) is 138 cm³/mol. The molecule has 3 aromatic heterocycles. The molecule has 6 nitrogen and oxygen atoms in total. The van der Waals surface area contributed by atoms with Gasteiger partial charge in [0.05, 0.1) is 23.0 Å². The summed E-state index contributed by atoms with van der Waals surface area (Å²) in [4.78, 5) is 31.7. The summed E-state index contributed by atoms with van der Waals surface area (Å²) in [6, 6.07) is 26.8. The largest absolute Gasteiger partial charge is 0.461 e. The first-order chi connectivity index (χ1) is 17.6. The lowest BCUT2D eigenvalue weighted by Crippen LogP contribution is -2.03. The maximum absolute atomic E-state index is 13.4. The van der Waals surface area contributed by atoms with Gasteiger partial charge < -0.3 is 8.98 Å². The number of hydrogen-bond acceptors (Lipinski definition) is 4. The molecule has 0 aliphatic heterocycles. The minimum Gasteiger partial charge on any atom is -0.461 e. The number of furan rings is 1. The number of Topliss-reactive ketones (excluding diaryl/α,β-unsaturated/α-hetero) is 2. The molecule has 0 saturated heterocycles. The van der Waals surface area contributed by atoms with Gasteiger partial charge in [-0.05, 0) is 59.3 Å². The van der Waals surface area contributed by atoms with Crippen LogP contribution >= 0.6 is 0 Å². The van der Waals surface area contributed by atoms with Crippen LogP contribution in [0.25, 0.3) is 45.3 Å². The summed E-state index contributed by atoms with van der Waals surface area (Å²) in [5.41, 5.74) is 4.21. The number of ketones is 2. The molecule has 36 heavy (non-hydrogen) atoms. The molecule has 0 atom stereocenters. The first kappa shape index (κ1) is 20.4. The number of hydrogen-bond donors (Lipinski definition) is 0. The first-order valence-corrected chi connectivity index (χ1v) is 11.6. The molecule has 0 spiro atoms. The molecule has 0 bridgehead atoms. The van der Waals surface area contributed by atoms with Crippen molar-refractivity contribution < 1.29 is 14.0 Å². The van der Waals surface area contributed by atoms with Crippen LogP contribution in [0.2, 0.25) is 0 Å². The number of nitrogens with zero attached hydrogens (tertiary/aromatic N) is 3. The molecule has 0 saturated carbocycles. The third kappa shape index (κ3) is 2.88. The van der Waals surface area contributed by atoms with E-state index < -0.39 is 0 Å². The van der Waals surface area contributed by atoms with Gasteiger partial charge in [0.25, 0.3) is 0 Å². The molecule has 6 heteroatoms. The highest BCUT2D eigenvalue weighted by molar-refractivity contribution is 6.42. The van der Waals surface area contributed by atoms with E-state index in [1.165, 1.54) is 0 Å². The zero-order valence-electron chi connectivity index (χ0n) is 19.3. The van der Waals surface area contributed by atoms with E-state index in [2.05, 4.69) is 0 Å². The van der Waals surface area contributed by atoms with E-state index in [9.17, 15) is 9.59 Å². The van der Waals surface area contributed by atoms with Crippen molar-refractivity contribution in [3.8, 4) is 17.3 Å². The second-order valence-corrected chi connectivity index (χ2v) is 8.88. The standard InChI is InChI=1S/C30H19N3O3/c1-32-25-17-21(16-24-27(34)22-14-18-8-5-6-9-19(18)15-23(22)28(24)35)33(20-10-3-2-4-11-20)29(25)31-30(32)26-12-7-13-36-26/h2-17H,1H3. The Bertz CT molecular complexity index is 1810. The van der Waals surface area contributed by atoms with Gasteiger partial charge in [-0.15, -0.1) is 0 Å². The number of benzene rings is 3. The molecule has 3 aromatic carbocycles. The second-order valence-electron chi connectivity index (χ2n) is 8.88. The fourth-order valence-electron chi connectivity index (χ4n) is 5.02. The Morgan fingerprint density at radius 1 is 0.806 bits per heavy atom. The van der Waals surface area contributed by atoms with Gasteiger partial charge in [0.2, 0.25) is 0 Å². The van der Waals surface area contributed by atoms with E-state index in [1.54, 1.807) is 12.3 Å². The lowest BCUT2D eigenvalue weighted by molar-refractivity contribution is 0.0990. The van der Waals surface area contributed by atoms with E-state index in [1.807, 2.05) is 101 Å². The summed E-state index contributed by atoms with van der Waals surface area (Å²) in [7, 11) is 1.92. The third-order valence-corrected chi connectivity index (χ3v) is 6.79. The van der Waals surface area contributed by atoms with Crippen molar-refractivity contribution in [2.75, 3.05) is 0 Å². The van der Waals surface area contributed by atoms with Gasteiger partial charge >= 0.3 is 0 Å². The van der Waals surface area contributed by atoms with Crippen molar-refractivity contribution in [1.29, 1.82) is 0 Å². The minimum absolute atomic E-state index is 0.159. The predicted octanol–water partition coefficient (Wildman–Crippen LogP) is 6.24. The molecule has 6 aromatic rings. The van der Waals surface area contributed by atoms with Crippen LogP contribution in [0.1, 0.15) is 26.4 Å². The molecular formula is C30H19N3O3. The maximum Gasteiger partial charge on any atom is 0.197 e. The summed E-state index contributed by atoms with van der Waals surface area (Å²) in [6.45, 7) is 0. The van der Waals surface area contributed by atoms with Crippen LogP contribution in [0.3, 0.4) is 0 Å². The zero-order valence-corrected chi connectivity index (χ0v) is 19.3. The summed E-state index contributed by atoms with van der Waals surface area (Å²) in [5.74, 6) is 0.850. The molecule has 0 unspecified atom stereocenters. The third-order valence-electron chi connectivity index (χ3n) is 6.79. The average molecular weight is 470 g/mol. The Morgan fingerprint density at radius 2 is 1.47 bits per heavy atom. The second kappa shape index (κ2) is 7.52.